The summed E-state index contributed by atoms with van der Waals surface area (Å²) >= 11 is 9.83. The minimum absolute atomic E-state index is 0.227. The van der Waals surface area contributed by atoms with E-state index in [2.05, 4.69) is 90.6 Å². The van der Waals surface area contributed by atoms with Crippen LogP contribution in [-0.2, 0) is 20.9 Å². The van der Waals surface area contributed by atoms with Gasteiger partial charge in [0, 0.05) is 20.4 Å². The average molecular weight is 861 g/mol. The third-order valence-electron chi connectivity index (χ3n) is 7.04. The summed E-state index contributed by atoms with van der Waals surface area (Å²) in [7, 11) is 0. The van der Waals surface area contributed by atoms with E-state index in [4.69, 9.17) is 26.4 Å². The molecule has 0 fully saturated rings. The Hall–Kier alpha value is -3.76. The number of hydrazone groups is 1. The number of esters is 1. The molecule has 0 spiro atoms. The minimum Gasteiger partial charge on any atom is -0.487 e. The maximum Gasteiger partial charge on any atom is 0.338 e. The van der Waals surface area contributed by atoms with Crippen LogP contribution in [0.25, 0.3) is 10.8 Å². The number of allylic oxidation sites excluding steroid dienone is 1. The van der Waals surface area contributed by atoms with Gasteiger partial charge in [-0.3, -0.25) is 4.79 Å². The molecule has 4 aromatic carbocycles. The summed E-state index contributed by atoms with van der Waals surface area (Å²) in [6.07, 6.45) is 1.56. The van der Waals surface area contributed by atoms with Gasteiger partial charge in [0.05, 0.1) is 28.0 Å². The van der Waals surface area contributed by atoms with Crippen molar-refractivity contribution < 1.29 is 23.8 Å². The number of nitrogens with one attached hydrogen (secondary N) is 3. The van der Waals surface area contributed by atoms with Crippen LogP contribution in [-0.4, -0.2) is 36.4 Å². The van der Waals surface area contributed by atoms with Crippen LogP contribution in [0, 0.1) is 7.14 Å². The van der Waals surface area contributed by atoms with Crippen LogP contribution in [0.3, 0.4) is 0 Å². The molecule has 0 aromatic heterocycles. The average Bonchev–Trinajstić information content (AvgIpc) is 3.03. The highest BCUT2D eigenvalue weighted by molar-refractivity contribution is 14.1. The SMILES string of the molecule is CCOC(=O)C1=C(C)NC(=S)N[C@H]1c1ccccc1OCC(=O)NN=Cc1cc(I)cc(I)c1OCc1cccc2ccccc12. The van der Waals surface area contributed by atoms with Gasteiger partial charge in [-0.2, -0.15) is 5.10 Å². The number of para-hydroxylation sites is 1. The first kappa shape index (κ1) is 33.6. The molecule has 1 aliphatic heterocycles. The van der Waals surface area contributed by atoms with Gasteiger partial charge < -0.3 is 24.8 Å². The summed E-state index contributed by atoms with van der Waals surface area (Å²) in [6.45, 7) is 3.80. The van der Waals surface area contributed by atoms with Gasteiger partial charge in [-0.05, 0) is 106 Å². The molecule has 0 bridgehead atoms. The van der Waals surface area contributed by atoms with Crippen molar-refractivity contribution in [2.24, 2.45) is 5.10 Å². The fourth-order valence-electron chi connectivity index (χ4n) is 5.00. The quantitative estimate of drug-likeness (QED) is 0.0515. The number of benzene rings is 4. The molecule has 5 rings (SSSR count). The number of carbonyl (C=O) groups is 2. The molecule has 3 N–H and O–H groups in total. The molecule has 1 aliphatic rings. The van der Waals surface area contributed by atoms with E-state index in [9.17, 15) is 9.59 Å². The van der Waals surface area contributed by atoms with Crippen LogP contribution in [0.4, 0.5) is 0 Å². The van der Waals surface area contributed by atoms with E-state index < -0.39 is 17.9 Å². The monoisotopic (exact) mass is 860 g/mol. The number of rotatable bonds is 11. The molecule has 0 saturated carbocycles. The van der Waals surface area contributed by atoms with Crippen molar-refractivity contribution in [3.05, 3.63) is 114 Å². The summed E-state index contributed by atoms with van der Waals surface area (Å²) in [5.41, 5.74) is 5.93. The van der Waals surface area contributed by atoms with Crippen molar-refractivity contribution in [2.75, 3.05) is 13.2 Å². The van der Waals surface area contributed by atoms with E-state index in [0.717, 1.165) is 29.0 Å². The maximum atomic E-state index is 12.8. The number of halogens is 2. The molecule has 1 heterocycles. The second-order valence-corrected chi connectivity index (χ2v) is 13.0. The summed E-state index contributed by atoms with van der Waals surface area (Å²) in [6, 6.07) is 24.8. The Morgan fingerprint density at radius 1 is 1.02 bits per heavy atom. The van der Waals surface area contributed by atoms with E-state index in [1.165, 1.54) is 0 Å². The zero-order valence-electron chi connectivity index (χ0n) is 24.9. The largest absolute Gasteiger partial charge is 0.487 e. The standard InChI is InChI=1S/C34H30I2N4O5S/c1-3-43-33(42)30-20(2)38-34(46)39-31(30)26-13-6-7-14-28(26)44-19-29(41)40-37-17-23-15-24(35)16-27(36)32(23)45-18-22-11-8-10-21-9-4-5-12-25(21)22/h4-17,31H,3,18-19H2,1-2H3,(H,40,41)(H2,38,39,46)/t31-/m0/s1. The van der Waals surface area contributed by atoms with Gasteiger partial charge in [0.2, 0.25) is 0 Å². The molecular weight excluding hydrogens is 830 g/mol. The molecule has 0 saturated heterocycles. The van der Waals surface area contributed by atoms with Gasteiger partial charge in [-0.15, -0.1) is 0 Å². The van der Waals surface area contributed by atoms with Gasteiger partial charge >= 0.3 is 5.97 Å². The lowest BCUT2D eigenvalue weighted by molar-refractivity contribution is -0.139. The Bertz CT molecular complexity index is 1860. The molecule has 236 valence electrons. The Balaban J connectivity index is 1.26. The van der Waals surface area contributed by atoms with E-state index >= 15 is 0 Å². The number of carbonyl (C=O) groups excluding carboxylic acids is 2. The molecule has 4 aromatic rings. The van der Waals surface area contributed by atoms with Crippen molar-refractivity contribution >= 4 is 91.4 Å². The molecule has 1 amide bonds. The van der Waals surface area contributed by atoms with E-state index in [1.54, 1.807) is 32.2 Å². The summed E-state index contributed by atoms with van der Waals surface area (Å²) in [4.78, 5) is 25.6. The number of thiocarbonyl (C=S) groups is 1. The molecule has 12 heteroatoms. The lowest BCUT2D eigenvalue weighted by atomic mass is 9.95. The topological polar surface area (TPSA) is 110 Å². The molecule has 1 atom stereocenters. The highest BCUT2D eigenvalue weighted by Crippen LogP contribution is 2.34. The molecule has 9 nitrogen and oxygen atoms in total. The van der Waals surface area contributed by atoms with Crippen LogP contribution in [0.2, 0.25) is 0 Å². The first-order valence-electron chi connectivity index (χ1n) is 14.3. The number of ether oxygens (including phenoxy) is 3. The van der Waals surface area contributed by atoms with Crippen LogP contribution >= 0.6 is 57.4 Å². The van der Waals surface area contributed by atoms with Crippen molar-refractivity contribution in [3.8, 4) is 11.5 Å². The van der Waals surface area contributed by atoms with Crippen molar-refractivity contribution in [2.45, 2.75) is 26.5 Å². The number of hydrogen-bond donors (Lipinski definition) is 3. The highest BCUT2D eigenvalue weighted by Gasteiger charge is 2.32. The van der Waals surface area contributed by atoms with Crippen molar-refractivity contribution in [1.29, 1.82) is 0 Å². The summed E-state index contributed by atoms with van der Waals surface area (Å²) < 4.78 is 19.4. The zero-order valence-corrected chi connectivity index (χ0v) is 30.1. The van der Waals surface area contributed by atoms with E-state index in [-0.39, 0.29) is 13.2 Å². The lowest BCUT2D eigenvalue weighted by Crippen LogP contribution is -2.45. The van der Waals surface area contributed by atoms with Gasteiger partial charge in [0.1, 0.15) is 18.1 Å². The lowest BCUT2D eigenvalue weighted by Gasteiger charge is -2.30. The molecule has 46 heavy (non-hydrogen) atoms. The number of nitrogens with zero attached hydrogens (tertiary/aromatic N) is 1. The summed E-state index contributed by atoms with van der Waals surface area (Å²) in [5.74, 6) is 0.149. The molecule has 0 radical (unpaired) electrons. The first-order valence-corrected chi connectivity index (χ1v) is 16.9. The minimum atomic E-state index is -0.625. The Kier molecular flexibility index (Phi) is 11.5. The number of amides is 1. The van der Waals surface area contributed by atoms with Crippen LogP contribution in [0.5, 0.6) is 11.5 Å². The van der Waals surface area contributed by atoms with E-state index in [0.29, 0.717) is 40.1 Å². The van der Waals surface area contributed by atoms with Crippen LogP contribution in [0.1, 0.15) is 36.6 Å². The fourth-order valence-corrected chi connectivity index (χ4v) is 7.32. The normalized spacial score (nSPS) is 14.5. The smallest absolute Gasteiger partial charge is 0.338 e. The fraction of sp³-hybridized carbons (Fsp3) is 0.176. The first-order chi connectivity index (χ1) is 22.2. The molecule has 0 aliphatic carbocycles. The Morgan fingerprint density at radius 2 is 1.78 bits per heavy atom. The van der Waals surface area contributed by atoms with Crippen LogP contribution in [0.15, 0.2) is 95.2 Å². The predicted molar refractivity (Wildman–Crippen MR) is 199 cm³/mol. The van der Waals surface area contributed by atoms with Gasteiger partial charge in [-0.1, -0.05) is 60.7 Å². The van der Waals surface area contributed by atoms with Crippen molar-refractivity contribution in [3.63, 3.8) is 0 Å². The van der Waals surface area contributed by atoms with Gasteiger partial charge in [0.15, 0.2) is 11.7 Å². The maximum absolute atomic E-state index is 12.8. The molecule has 0 unspecified atom stereocenters. The Labute approximate surface area is 299 Å². The molecular formula is C34H30I2N4O5S. The zero-order chi connectivity index (χ0) is 32.6. The highest BCUT2D eigenvalue weighted by atomic mass is 127. The number of hydrogen-bond acceptors (Lipinski definition) is 7. The Morgan fingerprint density at radius 3 is 2.61 bits per heavy atom. The third-order valence-corrected chi connectivity index (χ3v) is 8.68. The summed E-state index contributed by atoms with van der Waals surface area (Å²) in [5, 5.41) is 12.9. The van der Waals surface area contributed by atoms with Crippen LogP contribution < -0.4 is 25.5 Å². The second kappa shape index (κ2) is 15.7. The third kappa shape index (κ3) is 8.14. The number of fused-ring (bicyclic) bond motifs is 1. The van der Waals surface area contributed by atoms with Gasteiger partial charge in [-0.25, -0.2) is 10.2 Å². The van der Waals surface area contributed by atoms with Crippen molar-refractivity contribution in [1.82, 2.24) is 16.1 Å². The van der Waals surface area contributed by atoms with Gasteiger partial charge in [0.25, 0.3) is 5.91 Å². The predicted octanol–water partition coefficient (Wildman–Crippen LogP) is 6.51. The second-order valence-electron chi connectivity index (χ2n) is 10.1. The van der Waals surface area contributed by atoms with E-state index in [1.807, 2.05) is 42.5 Å².